The summed E-state index contributed by atoms with van der Waals surface area (Å²) < 4.78 is 0. The van der Waals surface area contributed by atoms with E-state index in [4.69, 9.17) is 11.5 Å². The third-order valence-electron chi connectivity index (χ3n) is 3.13. The Morgan fingerprint density at radius 2 is 2.17 bits per heavy atom. The summed E-state index contributed by atoms with van der Waals surface area (Å²) in [4.78, 5) is 17.7. The number of rotatable bonds is 5. The molecule has 1 aromatic rings. The maximum atomic E-state index is 11.1. The van der Waals surface area contributed by atoms with Crippen LogP contribution in [0.4, 0.5) is 11.5 Å². The molecule has 2 heterocycles. The quantitative estimate of drug-likeness (QED) is 0.696. The van der Waals surface area contributed by atoms with Crippen LogP contribution in [-0.4, -0.2) is 42.0 Å². The lowest BCUT2D eigenvalue weighted by Crippen LogP contribution is -2.26. The first-order valence-electron chi connectivity index (χ1n) is 6.18. The van der Waals surface area contributed by atoms with E-state index < -0.39 is 5.91 Å². The zero-order chi connectivity index (χ0) is 13.0. The molecule has 98 valence electrons. The highest BCUT2D eigenvalue weighted by Gasteiger charge is 2.11. The Bertz CT molecular complexity index is 428. The van der Waals surface area contributed by atoms with E-state index in [2.05, 4.69) is 15.2 Å². The Hall–Kier alpha value is -1.82. The van der Waals surface area contributed by atoms with Crippen molar-refractivity contribution in [2.24, 2.45) is 5.73 Å². The summed E-state index contributed by atoms with van der Waals surface area (Å²) in [5, 5.41) is 3.18. The summed E-state index contributed by atoms with van der Waals surface area (Å²) in [5.41, 5.74) is 11.5. The summed E-state index contributed by atoms with van der Waals surface area (Å²) in [6.45, 7) is 4.12. The van der Waals surface area contributed by atoms with E-state index in [1.807, 2.05) is 0 Å². The van der Waals surface area contributed by atoms with E-state index in [0.717, 1.165) is 13.1 Å². The maximum Gasteiger partial charge on any atom is 0.250 e. The zero-order valence-electron chi connectivity index (χ0n) is 10.4. The number of pyridine rings is 1. The molecule has 18 heavy (non-hydrogen) atoms. The SMILES string of the molecule is NC(=O)c1cc(NCCN2CCCC2)ncc1N. The van der Waals surface area contributed by atoms with Crippen molar-refractivity contribution in [3.63, 3.8) is 0 Å². The molecule has 6 nitrogen and oxygen atoms in total. The van der Waals surface area contributed by atoms with Crippen molar-refractivity contribution in [2.45, 2.75) is 12.8 Å². The normalized spacial score (nSPS) is 15.8. The molecule has 1 aliphatic heterocycles. The van der Waals surface area contributed by atoms with E-state index in [1.54, 1.807) is 6.07 Å². The van der Waals surface area contributed by atoms with Crippen LogP contribution in [0.1, 0.15) is 23.2 Å². The second-order valence-electron chi connectivity index (χ2n) is 4.50. The summed E-state index contributed by atoms with van der Waals surface area (Å²) in [6, 6.07) is 1.60. The fraction of sp³-hybridized carbons (Fsp3) is 0.500. The molecule has 0 aliphatic carbocycles. The van der Waals surface area contributed by atoms with Crippen molar-refractivity contribution >= 4 is 17.4 Å². The molecule has 0 bridgehead atoms. The van der Waals surface area contributed by atoms with Crippen LogP contribution in [0.15, 0.2) is 12.3 Å². The number of aromatic nitrogens is 1. The molecular weight excluding hydrogens is 230 g/mol. The van der Waals surface area contributed by atoms with Crippen LogP contribution in [0.25, 0.3) is 0 Å². The molecule has 1 aliphatic rings. The summed E-state index contributed by atoms with van der Waals surface area (Å²) in [5.74, 6) is 0.106. The van der Waals surface area contributed by atoms with Gasteiger partial charge in [-0.3, -0.25) is 4.79 Å². The standard InChI is InChI=1S/C12H19N5O/c13-10-8-16-11(7-9(10)12(14)18)15-3-6-17-4-1-2-5-17/h7-8H,1-6,13H2,(H2,14,18)(H,15,16). The number of anilines is 2. The first-order chi connectivity index (χ1) is 8.66. The van der Waals surface area contributed by atoms with Crippen molar-refractivity contribution in [2.75, 3.05) is 37.2 Å². The van der Waals surface area contributed by atoms with Crippen LogP contribution in [0.3, 0.4) is 0 Å². The predicted molar refractivity (Wildman–Crippen MR) is 71.3 cm³/mol. The number of amides is 1. The number of carbonyl (C=O) groups is 1. The van der Waals surface area contributed by atoms with E-state index in [-0.39, 0.29) is 0 Å². The number of nitrogens with two attached hydrogens (primary N) is 2. The van der Waals surface area contributed by atoms with Gasteiger partial charge in [0.1, 0.15) is 5.82 Å². The number of carbonyl (C=O) groups excluding carboxylic acids is 1. The second kappa shape index (κ2) is 5.68. The summed E-state index contributed by atoms with van der Waals surface area (Å²) in [7, 11) is 0. The van der Waals surface area contributed by atoms with Gasteiger partial charge < -0.3 is 21.7 Å². The van der Waals surface area contributed by atoms with Crippen LogP contribution < -0.4 is 16.8 Å². The number of nitrogens with zero attached hydrogens (tertiary/aromatic N) is 2. The highest BCUT2D eigenvalue weighted by Crippen LogP contribution is 2.14. The lowest BCUT2D eigenvalue weighted by atomic mass is 10.2. The average Bonchev–Trinajstić information content (AvgIpc) is 2.84. The van der Waals surface area contributed by atoms with Gasteiger partial charge >= 0.3 is 0 Å². The van der Waals surface area contributed by atoms with Gasteiger partial charge in [0.25, 0.3) is 5.91 Å². The van der Waals surface area contributed by atoms with Crippen molar-refractivity contribution in [1.82, 2.24) is 9.88 Å². The van der Waals surface area contributed by atoms with Crippen LogP contribution in [0.5, 0.6) is 0 Å². The number of primary amides is 1. The first-order valence-corrected chi connectivity index (χ1v) is 6.18. The van der Waals surface area contributed by atoms with E-state index in [0.29, 0.717) is 17.1 Å². The van der Waals surface area contributed by atoms with Crippen LogP contribution in [-0.2, 0) is 0 Å². The number of hydrogen-bond acceptors (Lipinski definition) is 5. The lowest BCUT2D eigenvalue weighted by molar-refractivity contribution is 0.100. The minimum Gasteiger partial charge on any atom is -0.397 e. The van der Waals surface area contributed by atoms with Gasteiger partial charge in [-0.1, -0.05) is 0 Å². The Morgan fingerprint density at radius 3 is 2.83 bits per heavy atom. The predicted octanol–water partition coefficient (Wildman–Crippen LogP) is 0.270. The fourth-order valence-electron chi connectivity index (χ4n) is 2.12. The Kier molecular flexibility index (Phi) is 3.99. The molecule has 0 saturated carbocycles. The van der Waals surface area contributed by atoms with Gasteiger partial charge in [-0.05, 0) is 32.0 Å². The van der Waals surface area contributed by atoms with Crippen molar-refractivity contribution in [3.8, 4) is 0 Å². The molecule has 1 aromatic heterocycles. The van der Waals surface area contributed by atoms with Crippen LogP contribution in [0.2, 0.25) is 0 Å². The van der Waals surface area contributed by atoms with E-state index >= 15 is 0 Å². The molecule has 1 amide bonds. The van der Waals surface area contributed by atoms with Gasteiger partial charge in [0.05, 0.1) is 17.4 Å². The van der Waals surface area contributed by atoms with Crippen LogP contribution in [0, 0.1) is 0 Å². The monoisotopic (exact) mass is 249 g/mol. The zero-order valence-corrected chi connectivity index (χ0v) is 10.4. The second-order valence-corrected chi connectivity index (χ2v) is 4.50. The Labute approximate surface area is 106 Å². The van der Waals surface area contributed by atoms with Crippen molar-refractivity contribution in [1.29, 1.82) is 0 Å². The third-order valence-corrected chi connectivity index (χ3v) is 3.13. The molecule has 5 N–H and O–H groups in total. The topological polar surface area (TPSA) is 97.3 Å². The number of nitrogens with one attached hydrogen (secondary N) is 1. The number of nitrogen functional groups attached to an aromatic ring is 1. The molecule has 1 fully saturated rings. The molecule has 1 saturated heterocycles. The van der Waals surface area contributed by atoms with Gasteiger partial charge in [-0.2, -0.15) is 0 Å². The molecule has 6 heteroatoms. The molecule has 0 atom stereocenters. The van der Waals surface area contributed by atoms with Gasteiger partial charge in [0, 0.05) is 13.1 Å². The van der Waals surface area contributed by atoms with Gasteiger partial charge in [0.2, 0.25) is 0 Å². The molecule has 2 rings (SSSR count). The van der Waals surface area contributed by atoms with Gasteiger partial charge in [0.15, 0.2) is 0 Å². The van der Waals surface area contributed by atoms with Crippen LogP contribution >= 0.6 is 0 Å². The minimum atomic E-state index is -0.530. The fourth-order valence-corrected chi connectivity index (χ4v) is 2.12. The molecule has 0 spiro atoms. The number of likely N-dealkylation sites (tertiary alicyclic amines) is 1. The highest BCUT2D eigenvalue weighted by molar-refractivity contribution is 5.98. The maximum absolute atomic E-state index is 11.1. The molecule has 0 unspecified atom stereocenters. The summed E-state index contributed by atoms with van der Waals surface area (Å²) in [6.07, 6.45) is 4.02. The highest BCUT2D eigenvalue weighted by atomic mass is 16.1. The Balaban J connectivity index is 1.88. The molecule has 0 aromatic carbocycles. The van der Waals surface area contributed by atoms with Gasteiger partial charge in [-0.25, -0.2) is 4.98 Å². The summed E-state index contributed by atoms with van der Waals surface area (Å²) >= 11 is 0. The first kappa shape index (κ1) is 12.6. The average molecular weight is 249 g/mol. The van der Waals surface area contributed by atoms with Crippen molar-refractivity contribution in [3.05, 3.63) is 17.8 Å². The molecule has 0 radical (unpaired) electrons. The third kappa shape index (κ3) is 3.10. The smallest absolute Gasteiger partial charge is 0.250 e. The molecular formula is C12H19N5O. The largest absolute Gasteiger partial charge is 0.397 e. The van der Waals surface area contributed by atoms with E-state index in [1.165, 1.54) is 32.1 Å². The Morgan fingerprint density at radius 1 is 1.44 bits per heavy atom. The minimum absolute atomic E-state index is 0.313. The van der Waals surface area contributed by atoms with Gasteiger partial charge in [-0.15, -0.1) is 0 Å². The van der Waals surface area contributed by atoms with E-state index in [9.17, 15) is 4.79 Å². The van der Waals surface area contributed by atoms with Crippen molar-refractivity contribution < 1.29 is 4.79 Å². The number of hydrogen-bond donors (Lipinski definition) is 3. The lowest BCUT2D eigenvalue weighted by Gasteiger charge is -2.15.